The minimum absolute atomic E-state index is 0.175. The number of hydrogen-bond donors (Lipinski definition) is 4. The normalized spacial score (nSPS) is 22.1. The highest BCUT2D eigenvalue weighted by Crippen LogP contribution is 2.28. The third kappa shape index (κ3) is 8.33. The van der Waals surface area contributed by atoms with Crippen molar-refractivity contribution in [3.8, 4) is 5.75 Å². The summed E-state index contributed by atoms with van der Waals surface area (Å²) in [6, 6.07) is 11.9. The molecule has 0 radical (unpaired) electrons. The van der Waals surface area contributed by atoms with E-state index in [2.05, 4.69) is 34.8 Å². The highest BCUT2D eigenvalue weighted by atomic mass is 16.5. The van der Waals surface area contributed by atoms with Gasteiger partial charge in [-0.15, -0.1) is 0 Å². The van der Waals surface area contributed by atoms with Crippen molar-refractivity contribution in [1.82, 2.24) is 30.7 Å². The largest absolute Gasteiger partial charge is 0.488 e. The average Bonchev–Trinajstić information content (AvgIpc) is 3.69. The molecule has 3 aliphatic heterocycles. The Labute approximate surface area is 288 Å². The van der Waals surface area contributed by atoms with Crippen LogP contribution in [0.4, 0.5) is 0 Å². The Morgan fingerprint density at radius 3 is 2.47 bits per heavy atom. The zero-order valence-electron chi connectivity index (χ0n) is 29.4. The molecule has 1 aromatic heterocycles. The number of fused-ring (bicyclic) bond motifs is 8. The number of likely N-dealkylation sites (tertiary alicyclic amines) is 1. The molecule has 4 heterocycles. The lowest BCUT2D eigenvalue weighted by atomic mass is 9.97. The smallest absolute Gasteiger partial charge is 0.247 e. The van der Waals surface area contributed by atoms with Crippen LogP contribution in [-0.4, -0.2) is 89.3 Å². The van der Waals surface area contributed by atoms with Gasteiger partial charge in [0.25, 0.3) is 0 Å². The van der Waals surface area contributed by atoms with E-state index in [-0.39, 0.29) is 42.5 Å². The number of likely N-dealkylation sites (N-methyl/N-ethyl adjacent to an activating group) is 1. The highest BCUT2D eigenvalue weighted by molar-refractivity contribution is 5.96. The molecule has 2 bridgehead atoms. The van der Waals surface area contributed by atoms with Crippen molar-refractivity contribution in [2.45, 2.75) is 83.6 Å². The third-order valence-corrected chi connectivity index (χ3v) is 9.69. The van der Waals surface area contributed by atoms with Crippen LogP contribution in [0.3, 0.4) is 0 Å². The fraction of sp³-hybridized carbons (Fsp3) is 0.474. The lowest BCUT2D eigenvalue weighted by molar-refractivity contribution is -0.144. The summed E-state index contributed by atoms with van der Waals surface area (Å²) in [6.45, 7) is 8.23. The summed E-state index contributed by atoms with van der Waals surface area (Å²) in [5.41, 5.74) is 2.68. The van der Waals surface area contributed by atoms with Crippen LogP contribution in [0.5, 0.6) is 5.75 Å². The van der Waals surface area contributed by atoms with Crippen molar-refractivity contribution in [2.24, 2.45) is 11.8 Å². The zero-order valence-corrected chi connectivity index (χ0v) is 29.4. The van der Waals surface area contributed by atoms with Gasteiger partial charge >= 0.3 is 0 Å². The van der Waals surface area contributed by atoms with Crippen LogP contribution in [0, 0.1) is 11.8 Å². The summed E-state index contributed by atoms with van der Waals surface area (Å²) in [7, 11) is 3.72. The fourth-order valence-electron chi connectivity index (χ4n) is 6.72. The van der Waals surface area contributed by atoms with Crippen molar-refractivity contribution >= 4 is 40.6 Å². The molecule has 6 rings (SSSR count). The van der Waals surface area contributed by atoms with E-state index in [1.807, 2.05) is 87.6 Å². The van der Waals surface area contributed by atoms with Crippen LogP contribution in [0.15, 0.2) is 60.9 Å². The maximum absolute atomic E-state index is 14.8. The molecule has 1 saturated heterocycles. The number of para-hydroxylation sites is 1. The van der Waals surface area contributed by atoms with Crippen molar-refractivity contribution in [1.29, 1.82) is 0 Å². The molecule has 1 fully saturated rings. The first-order valence-electron chi connectivity index (χ1n) is 17.3. The molecular formula is C38H50N6O5. The molecule has 4 N–H and O–H groups in total. The van der Waals surface area contributed by atoms with E-state index in [0.717, 1.165) is 22.0 Å². The van der Waals surface area contributed by atoms with Crippen LogP contribution in [0.25, 0.3) is 17.0 Å². The van der Waals surface area contributed by atoms with Gasteiger partial charge in [0.2, 0.25) is 23.6 Å². The van der Waals surface area contributed by atoms with Gasteiger partial charge in [0.1, 0.15) is 30.0 Å². The second-order valence-electron chi connectivity index (χ2n) is 13.9. The first-order valence-corrected chi connectivity index (χ1v) is 17.3. The number of rotatable bonds is 10. The lowest BCUT2D eigenvalue weighted by Crippen LogP contribution is -2.60. The van der Waals surface area contributed by atoms with Crippen LogP contribution in [0.1, 0.15) is 58.1 Å². The number of nitrogens with one attached hydrogen (secondary N) is 4. The van der Waals surface area contributed by atoms with E-state index in [1.165, 1.54) is 4.90 Å². The van der Waals surface area contributed by atoms with Crippen molar-refractivity contribution < 1.29 is 23.9 Å². The number of amides is 4. The van der Waals surface area contributed by atoms with Crippen molar-refractivity contribution in [2.75, 3.05) is 20.6 Å². The summed E-state index contributed by atoms with van der Waals surface area (Å²) in [4.78, 5) is 62.9. The Kier molecular flexibility index (Phi) is 11.4. The Hall–Kier alpha value is -4.64. The molecular weight excluding hydrogens is 620 g/mol. The summed E-state index contributed by atoms with van der Waals surface area (Å²) < 4.78 is 6.40. The monoisotopic (exact) mass is 670 g/mol. The van der Waals surface area contributed by atoms with Crippen LogP contribution in [-0.2, 0) is 25.6 Å². The number of benzene rings is 2. The molecule has 11 nitrogen and oxygen atoms in total. The summed E-state index contributed by atoms with van der Waals surface area (Å²) in [5.74, 6) is -0.795. The predicted molar refractivity (Wildman–Crippen MR) is 190 cm³/mol. The molecule has 0 aliphatic carbocycles. The van der Waals surface area contributed by atoms with E-state index >= 15 is 0 Å². The summed E-state index contributed by atoms with van der Waals surface area (Å²) in [6.07, 6.45) is 6.43. The Morgan fingerprint density at radius 2 is 1.78 bits per heavy atom. The van der Waals surface area contributed by atoms with E-state index < -0.39 is 36.2 Å². The average molecular weight is 671 g/mol. The molecule has 2 aromatic carbocycles. The zero-order chi connectivity index (χ0) is 35.2. The minimum Gasteiger partial charge on any atom is -0.488 e. The topological polar surface area (TPSA) is 136 Å². The molecule has 49 heavy (non-hydrogen) atoms. The van der Waals surface area contributed by atoms with Gasteiger partial charge in [-0.2, -0.15) is 0 Å². The van der Waals surface area contributed by atoms with Crippen molar-refractivity contribution in [3.05, 3.63) is 72.1 Å². The highest BCUT2D eigenvalue weighted by Gasteiger charge is 2.47. The van der Waals surface area contributed by atoms with Crippen LogP contribution >= 0.6 is 0 Å². The predicted octanol–water partition coefficient (Wildman–Crippen LogP) is 3.85. The summed E-state index contributed by atoms with van der Waals surface area (Å²) >= 11 is 0. The molecule has 3 aliphatic rings. The molecule has 6 atom stereocenters. The maximum Gasteiger partial charge on any atom is 0.247 e. The second-order valence-corrected chi connectivity index (χ2v) is 13.9. The Morgan fingerprint density at radius 1 is 1.04 bits per heavy atom. The molecule has 0 saturated carbocycles. The van der Waals surface area contributed by atoms with E-state index in [4.69, 9.17) is 4.74 Å². The fourth-order valence-corrected chi connectivity index (χ4v) is 6.72. The molecule has 4 amide bonds. The first kappa shape index (κ1) is 35.7. The standard InChI is InChI=1S/C38H50N6O5/c1-7-24(4)33-36(46)39-18-16-25-12-14-27(15-13-25)49-32-17-19-44(34(32)37(47)42-33)38(48)30(41-35(45)31(43(5)6)20-23(2)3)21-26-22-40-29-11-9-8-10-28(26)29/h8-16,18,22-24,30-34,40H,7,17,19-21H2,1-6H3,(H,39,46)(H,41,45)(H,42,47)/b18-16-/t24-,30-,31-,32-,33-,34-/m0/s1. The first-order chi connectivity index (χ1) is 23.5. The number of hydrogen-bond acceptors (Lipinski definition) is 6. The Balaban J connectivity index is 1.51. The number of carbonyl (C=O) groups excluding carboxylic acids is 4. The van der Waals surface area contributed by atoms with Crippen molar-refractivity contribution in [3.63, 3.8) is 0 Å². The van der Waals surface area contributed by atoms with Gasteiger partial charge in [-0.3, -0.25) is 24.1 Å². The van der Waals surface area contributed by atoms with Gasteiger partial charge in [-0.1, -0.05) is 64.4 Å². The number of nitrogens with zero attached hydrogens (tertiary/aromatic N) is 2. The van der Waals surface area contributed by atoms with E-state index in [1.54, 1.807) is 12.3 Å². The van der Waals surface area contributed by atoms with Gasteiger partial charge in [-0.25, -0.2) is 0 Å². The van der Waals surface area contributed by atoms with Crippen LogP contribution < -0.4 is 20.7 Å². The van der Waals surface area contributed by atoms with Gasteiger partial charge in [-0.05, 0) is 67.8 Å². The third-order valence-electron chi connectivity index (χ3n) is 9.69. The van der Waals surface area contributed by atoms with Gasteiger partial charge in [0.15, 0.2) is 0 Å². The number of H-pyrrole nitrogens is 1. The van der Waals surface area contributed by atoms with Gasteiger partial charge in [0.05, 0.1) is 6.04 Å². The molecule has 11 heteroatoms. The molecule has 0 spiro atoms. The molecule has 0 unspecified atom stereocenters. The number of aromatic amines is 1. The number of aromatic nitrogens is 1. The molecule has 3 aromatic rings. The molecule has 262 valence electrons. The SMILES string of the molecule is CC[C@H](C)[C@@H]1NC(=O)[C@@H]2[C@H](CCN2C(=O)[C@H](Cc2c[nH]c3ccccc23)NC(=O)[C@H](CC(C)C)N(C)C)Oc2ccc(cc2)/C=C\NC1=O. The van der Waals surface area contributed by atoms with Gasteiger partial charge in [0, 0.05) is 42.7 Å². The van der Waals surface area contributed by atoms with E-state index in [9.17, 15) is 19.2 Å². The van der Waals surface area contributed by atoms with E-state index in [0.29, 0.717) is 25.0 Å². The maximum atomic E-state index is 14.8. The number of ether oxygens (including phenoxy) is 1. The Bertz CT molecular complexity index is 1660. The number of carbonyl (C=O) groups is 4. The minimum atomic E-state index is -1.03. The summed E-state index contributed by atoms with van der Waals surface area (Å²) in [5, 5.41) is 9.82. The van der Waals surface area contributed by atoms with Gasteiger partial charge < -0.3 is 30.6 Å². The quantitative estimate of drug-likeness (QED) is 0.259. The lowest BCUT2D eigenvalue weighted by Gasteiger charge is -2.33. The second kappa shape index (κ2) is 15.7. The van der Waals surface area contributed by atoms with Crippen LogP contribution in [0.2, 0.25) is 0 Å².